The summed E-state index contributed by atoms with van der Waals surface area (Å²) in [6, 6.07) is 14.3. The molecule has 0 saturated heterocycles. The van der Waals surface area contributed by atoms with E-state index in [9.17, 15) is 4.79 Å². The van der Waals surface area contributed by atoms with Gasteiger partial charge in [-0.2, -0.15) is 0 Å². The van der Waals surface area contributed by atoms with Crippen LogP contribution in [0.3, 0.4) is 0 Å². The second kappa shape index (κ2) is 3.80. The van der Waals surface area contributed by atoms with Crippen molar-refractivity contribution in [2.24, 2.45) is 0 Å². The van der Waals surface area contributed by atoms with Crippen molar-refractivity contribution in [3.8, 4) is 0 Å². The van der Waals surface area contributed by atoms with Crippen molar-refractivity contribution >= 4 is 18.0 Å². The molecule has 2 aromatic carbocycles. The zero-order valence-corrected chi connectivity index (χ0v) is 9.46. The predicted octanol–water partition coefficient (Wildman–Crippen LogP) is 3.55. The average Bonchev–Trinajstić information content (AvgIpc) is 2.35. The lowest BCUT2D eigenvalue weighted by atomic mass is 10.00. The fraction of sp³-hybridized carbons (Fsp3) is 0.0714. The van der Waals surface area contributed by atoms with E-state index in [2.05, 4.69) is 24.3 Å². The Hall–Kier alpha value is -1.54. The average molecular weight is 226 g/mol. The Morgan fingerprint density at radius 1 is 1.00 bits per heavy atom. The van der Waals surface area contributed by atoms with Crippen molar-refractivity contribution < 1.29 is 4.79 Å². The molecule has 1 aliphatic rings. The molecule has 2 aromatic rings. The van der Waals surface area contributed by atoms with Gasteiger partial charge in [-0.1, -0.05) is 42.1 Å². The fourth-order valence-corrected chi connectivity index (χ4v) is 3.15. The van der Waals surface area contributed by atoms with Crippen molar-refractivity contribution in [1.82, 2.24) is 0 Å². The van der Waals surface area contributed by atoms with E-state index in [1.54, 1.807) is 11.8 Å². The predicted molar refractivity (Wildman–Crippen MR) is 65.2 cm³/mol. The van der Waals surface area contributed by atoms with Crippen LogP contribution in [0.15, 0.2) is 52.3 Å². The van der Waals surface area contributed by atoms with Crippen molar-refractivity contribution in [2.45, 2.75) is 16.2 Å². The minimum atomic E-state index is 0.819. The molecule has 0 atom stereocenters. The quantitative estimate of drug-likeness (QED) is 0.590. The number of hydrogen-bond acceptors (Lipinski definition) is 2. The molecule has 1 heterocycles. The van der Waals surface area contributed by atoms with Crippen LogP contribution in [0.1, 0.15) is 21.5 Å². The lowest BCUT2D eigenvalue weighted by Crippen LogP contribution is -2.02. The minimum absolute atomic E-state index is 0.819. The van der Waals surface area contributed by atoms with Gasteiger partial charge >= 0.3 is 0 Å². The van der Waals surface area contributed by atoms with Gasteiger partial charge in [0.25, 0.3) is 0 Å². The van der Waals surface area contributed by atoms with Crippen LogP contribution in [0, 0.1) is 0 Å². The zero-order chi connectivity index (χ0) is 11.0. The summed E-state index contributed by atoms with van der Waals surface area (Å²) in [5.74, 6) is 0. The van der Waals surface area contributed by atoms with Gasteiger partial charge in [0.05, 0.1) is 0 Å². The summed E-state index contributed by atoms with van der Waals surface area (Å²) in [5, 5.41) is 0. The molecule has 0 unspecified atom stereocenters. The molecular weight excluding hydrogens is 216 g/mol. The number of fused-ring (bicyclic) bond motifs is 2. The minimum Gasteiger partial charge on any atom is -0.298 e. The molecular formula is C14H10OS. The summed E-state index contributed by atoms with van der Waals surface area (Å²) in [6.07, 6.45) is 1.82. The molecule has 0 saturated carbocycles. The van der Waals surface area contributed by atoms with E-state index >= 15 is 0 Å². The molecule has 0 spiro atoms. The highest BCUT2D eigenvalue weighted by Crippen LogP contribution is 2.40. The second-order valence-corrected chi connectivity index (χ2v) is 4.91. The number of hydrogen-bond donors (Lipinski definition) is 0. The topological polar surface area (TPSA) is 17.1 Å². The SMILES string of the molecule is O=Cc1cccc2c1Cc1ccccc1S2. The lowest BCUT2D eigenvalue weighted by Gasteiger charge is -2.19. The number of carbonyl (C=O) groups is 1. The van der Waals surface area contributed by atoms with Crippen LogP contribution in [-0.4, -0.2) is 6.29 Å². The third kappa shape index (κ3) is 1.46. The van der Waals surface area contributed by atoms with Gasteiger partial charge in [-0.15, -0.1) is 0 Å². The summed E-state index contributed by atoms with van der Waals surface area (Å²) in [7, 11) is 0. The first-order valence-corrected chi connectivity index (χ1v) is 6.03. The Kier molecular flexibility index (Phi) is 2.29. The summed E-state index contributed by atoms with van der Waals surface area (Å²) in [5.41, 5.74) is 3.30. The Labute approximate surface area is 98.5 Å². The van der Waals surface area contributed by atoms with E-state index in [-0.39, 0.29) is 0 Å². The van der Waals surface area contributed by atoms with Crippen LogP contribution in [0.5, 0.6) is 0 Å². The third-order valence-electron chi connectivity index (χ3n) is 2.86. The second-order valence-electron chi connectivity index (χ2n) is 3.83. The van der Waals surface area contributed by atoms with Gasteiger partial charge in [0, 0.05) is 21.8 Å². The highest BCUT2D eigenvalue weighted by Gasteiger charge is 2.17. The maximum Gasteiger partial charge on any atom is 0.150 e. The molecule has 78 valence electrons. The first kappa shape index (κ1) is 9.67. The maximum atomic E-state index is 11.0. The smallest absolute Gasteiger partial charge is 0.150 e. The Bertz CT molecular complexity index is 560. The largest absolute Gasteiger partial charge is 0.298 e. The molecule has 1 nitrogen and oxygen atoms in total. The van der Waals surface area contributed by atoms with Crippen molar-refractivity contribution in [2.75, 3.05) is 0 Å². The Morgan fingerprint density at radius 3 is 2.69 bits per heavy atom. The van der Waals surface area contributed by atoms with E-state index < -0.39 is 0 Å². The van der Waals surface area contributed by atoms with Crippen LogP contribution in [0.4, 0.5) is 0 Å². The zero-order valence-electron chi connectivity index (χ0n) is 8.64. The number of benzene rings is 2. The van der Waals surface area contributed by atoms with Crippen molar-refractivity contribution in [3.05, 3.63) is 59.2 Å². The van der Waals surface area contributed by atoms with Crippen LogP contribution >= 0.6 is 11.8 Å². The monoisotopic (exact) mass is 226 g/mol. The lowest BCUT2D eigenvalue weighted by molar-refractivity contribution is 0.112. The Balaban J connectivity index is 2.15. The van der Waals surface area contributed by atoms with E-state index in [4.69, 9.17) is 0 Å². The summed E-state index contributed by atoms with van der Waals surface area (Å²) in [4.78, 5) is 13.5. The summed E-state index contributed by atoms with van der Waals surface area (Å²) < 4.78 is 0. The summed E-state index contributed by atoms with van der Waals surface area (Å²) in [6.45, 7) is 0. The standard InChI is InChI=1S/C14H10OS/c15-9-11-5-3-7-14-12(11)8-10-4-1-2-6-13(10)16-14/h1-7,9H,8H2. The first-order valence-electron chi connectivity index (χ1n) is 5.21. The maximum absolute atomic E-state index is 11.0. The number of carbonyl (C=O) groups excluding carboxylic acids is 1. The van der Waals surface area contributed by atoms with E-state index in [0.717, 1.165) is 18.3 Å². The number of rotatable bonds is 1. The Morgan fingerprint density at radius 2 is 1.81 bits per heavy atom. The number of aldehydes is 1. The van der Waals surface area contributed by atoms with Crippen LogP contribution in [0.25, 0.3) is 0 Å². The van der Waals surface area contributed by atoms with E-state index in [1.807, 2.05) is 18.2 Å². The van der Waals surface area contributed by atoms with E-state index in [1.165, 1.54) is 20.9 Å². The van der Waals surface area contributed by atoms with Gasteiger partial charge in [0.15, 0.2) is 0 Å². The van der Waals surface area contributed by atoms with Gasteiger partial charge in [-0.25, -0.2) is 0 Å². The van der Waals surface area contributed by atoms with Gasteiger partial charge < -0.3 is 0 Å². The molecule has 0 aliphatic carbocycles. The van der Waals surface area contributed by atoms with Gasteiger partial charge in [0.1, 0.15) is 6.29 Å². The third-order valence-corrected chi connectivity index (χ3v) is 4.08. The molecule has 3 rings (SSSR count). The molecule has 0 aromatic heterocycles. The fourth-order valence-electron chi connectivity index (χ4n) is 2.04. The molecule has 1 aliphatic heterocycles. The molecule has 2 heteroatoms. The van der Waals surface area contributed by atoms with Crippen LogP contribution in [0.2, 0.25) is 0 Å². The van der Waals surface area contributed by atoms with E-state index in [0.29, 0.717) is 0 Å². The van der Waals surface area contributed by atoms with Crippen LogP contribution in [-0.2, 0) is 6.42 Å². The normalized spacial score (nSPS) is 12.8. The highest BCUT2D eigenvalue weighted by atomic mass is 32.2. The van der Waals surface area contributed by atoms with Crippen molar-refractivity contribution in [1.29, 1.82) is 0 Å². The van der Waals surface area contributed by atoms with Gasteiger partial charge in [0.2, 0.25) is 0 Å². The van der Waals surface area contributed by atoms with Crippen LogP contribution < -0.4 is 0 Å². The summed E-state index contributed by atoms with van der Waals surface area (Å²) >= 11 is 1.75. The molecule has 0 fully saturated rings. The highest BCUT2D eigenvalue weighted by molar-refractivity contribution is 7.99. The molecule has 0 bridgehead atoms. The molecule has 0 amide bonds. The van der Waals surface area contributed by atoms with Gasteiger partial charge in [-0.05, 0) is 23.3 Å². The molecule has 16 heavy (non-hydrogen) atoms. The van der Waals surface area contributed by atoms with Crippen molar-refractivity contribution in [3.63, 3.8) is 0 Å². The molecule has 0 N–H and O–H groups in total. The van der Waals surface area contributed by atoms with Gasteiger partial charge in [-0.3, -0.25) is 4.79 Å². The first-order chi connectivity index (χ1) is 7.88. The molecule has 0 radical (unpaired) electrons.